The second-order valence-electron chi connectivity index (χ2n) is 7.01. The molecule has 5 N–H and O–H groups in total. The van der Waals surface area contributed by atoms with Crippen molar-refractivity contribution in [3.8, 4) is 18.1 Å². The molecule has 29 heavy (non-hydrogen) atoms. The normalized spacial score (nSPS) is 29.3. The molecule has 0 radical (unpaired) electrons. The zero-order valence-electron chi connectivity index (χ0n) is 15.9. The van der Waals surface area contributed by atoms with E-state index in [9.17, 15) is 25.5 Å². The SMILES string of the molecule is C#Cc1ccc(Cc2cc([C@]3(O)O[C@H](CO)[C@@H](O)[C@H](O)[C@H]3O)ccc2OC)cc1. The molecule has 0 aromatic heterocycles. The molecule has 7 nitrogen and oxygen atoms in total. The highest BCUT2D eigenvalue weighted by Crippen LogP contribution is 2.38. The van der Waals surface area contributed by atoms with Crippen molar-refractivity contribution in [3.63, 3.8) is 0 Å². The third kappa shape index (κ3) is 4.00. The van der Waals surface area contributed by atoms with Crippen LogP contribution < -0.4 is 4.74 Å². The van der Waals surface area contributed by atoms with Crippen LogP contribution in [-0.2, 0) is 16.9 Å². The molecule has 0 amide bonds. The lowest BCUT2D eigenvalue weighted by Crippen LogP contribution is -2.63. The van der Waals surface area contributed by atoms with Crippen LogP contribution in [0.1, 0.15) is 22.3 Å². The Morgan fingerprint density at radius 1 is 1.10 bits per heavy atom. The van der Waals surface area contributed by atoms with Crippen LogP contribution in [0.5, 0.6) is 5.75 Å². The fourth-order valence-electron chi connectivity index (χ4n) is 3.47. The summed E-state index contributed by atoms with van der Waals surface area (Å²) >= 11 is 0. The van der Waals surface area contributed by atoms with Crippen LogP contribution in [-0.4, -0.2) is 63.7 Å². The second kappa shape index (κ2) is 8.51. The van der Waals surface area contributed by atoms with Crippen molar-refractivity contribution in [1.82, 2.24) is 0 Å². The van der Waals surface area contributed by atoms with Crippen molar-refractivity contribution in [2.24, 2.45) is 0 Å². The average molecular weight is 400 g/mol. The van der Waals surface area contributed by atoms with Crippen molar-refractivity contribution < 1.29 is 35.0 Å². The van der Waals surface area contributed by atoms with E-state index in [1.807, 2.05) is 24.3 Å². The average Bonchev–Trinajstić information content (AvgIpc) is 2.75. The third-order valence-electron chi connectivity index (χ3n) is 5.18. The van der Waals surface area contributed by atoms with Crippen molar-refractivity contribution >= 4 is 0 Å². The standard InChI is InChI=1S/C22H24O7/c1-3-13-4-6-14(7-5-13)10-15-11-16(8-9-17(15)28-2)22(27)21(26)20(25)19(24)18(12-23)29-22/h1,4-9,11,18-21,23-27H,10,12H2,2H3/t18-,19-,20+,21-,22+/m1/s1. The van der Waals surface area contributed by atoms with Crippen LogP contribution in [0.3, 0.4) is 0 Å². The minimum absolute atomic E-state index is 0.158. The number of aliphatic hydroxyl groups excluding tert-OH is 4. The van der Waals surface area contributed by atoms with Gasteiger partial charge in [-0.25, -0.2) is 0 Å². The predicted octanol–water partition coefficient (Wildman–Crippen LogP) is -0.114. The molecule has 0 bridgehead atoms. The van der Waals surface area contributed by atoms with E-state index in [1.54, 1.807) is 12.1 Å². The molecule has 0 spiro atoms. The Kier molecular flexibility index (Phi) is 6.24. The zero-order chi connectivity index (χ0) is 21.2. The van der Waals surface area contributed by atoms with Gasteiger partial charge in [-0.3, -0.25) is 0 Å². The Labute approximate surface area is 168 Å². The second-order valence-corrected chi connectivity index (χ2v) is 7.01. The molecule has 3 rings (SSSR count). The molecule has 1 heterocycles. The predicted molar refractivity (Wildman–Crippen MR) is 104 cm³/mol. The first kappa shape index (κ1) is 21.3. The van der Waals surface area contributed by atoms with Crippen molar-refractivity contribution in [2.75, 3.05) is 13.7 Å². The van der Waals surface area contributed by atoms with Gasteiger partial charge in [0.05, 0.1) is 13.7 Å². The number of rotatable bonds is 5. The van der Waals surface area contributed by atoms with E-state index < -0.39 is 36.8 Å². The molecular formula is C22H24O7. The van der Waals surface area contributed by atoms with E-state index in [1.165, 1.54) is 13.2 Å². The Hall–Kier alpha value is -2.44. The maximum Gasteiger partial charge on any atom is 0.222 e. The molecule has 5 atom stereocenters. The number of hydrogen-bond donors (Lipinski definition) is 5. The van der Waals surface area contributed by atoms with Gasteiger partial charge in [-0.05, 0) is 41.5 Å². The third-order valence-corrected chi connectivity index (χ3v) is 5.18. The largest absolute Gasteiger partial charge is 0.496 e. The van der Waals surface area contributed by atoms with E-state index >= 15 is 0 Å². The van der Waals surface area contributed by atoms with Gasteiger partial charge in [0.1, 0.15) is 30.2 Å². The Balaban J connectivity index is 1.97. The van der Waals surface area contributed by atoms with Crippen LogP contribution in [0.2, 0.25) is 0 Å². The van der Waals surface area contributed by atoms with E-state index in [2.05, 4.69) is 5.92 Å². The van der Waals surface area contributed by atoms with Gasteiger partial charge >= 0.3 is 0 Å². The summed E-state index contributed by atoms with van der Waals surface area (Å²) in [5, 5.41) is 50.8. The smallest absolute Gasteiger partial charge is 0.222 e. The highest BCUT2D eigenvalue weighted by molar-refractivity contribution is 5.43. The maximum atomic E-state index is 11.0. The molecule has 1 aliphatic heterocycles. The molecule has 1 saturated heterocycles. The molecule has 154 valence electrons. The number of methoxy groups -OCH3 is 1. The summed E-state index contributed by atoms with van der Waals surface area (Å²) in [6.07, 6.45) is -0.499. The van der Waals surface area contributed by atoms with Crippen LogP contribution in [0, 0.1) is 12.3 Å². The molecule has 7 heteroatoms. The van der Waals surface area contributed by atoms with Crippen molar-refractivity contribution in [2.45, 2.75) is 36.6 Å². The van der Waals surface area contributed by atoms with Gasteiger partial charge in [0, 0.05) is 17.5 Å². The lowest BCUT2D eigenvalue weighted by molar-refractivity contribution is -0.357. The van der Waals surface area contributed by atoms with Crippen LogP contribution in [0.15, 0.2) is 42.5 Å². The topological polar surface area (TPSA) is 120 Å². The van der Waals surface area contributed by atoms with Gasteiger partial charge in [-0.1, -0.05) is 18.1 Å². The summed E-state index contributed by atoms with van der Waals surface area (Å²) in [6.45, 7) is -0.641. The van der Waals surface area contributed by atoms with Gasteiger partial charge in [0.25, 0.3) is 0 Å². The molecular weight excluding hydrogens is 376 g/mol. The summed E-state index contributed by atoms with van der Waals surface area (Å²) in [4.78, 5) is 0. The van der Waals surface area contributed by atoms with Crippen LogP contribution in [0.4, 0.5) is 0 Å². The monoisotopic (exact) mass is 400 g/mol. The summed E-state index contributed by atoms with van der Waals surface area (Å²) in [6, 6.07) is 12.1. The van der Waals surface area contributed by atoms with E-state index in [0.717, 1.165) is 11.1 Å². The fraction of sp³-hybridized carbons (Fsp3) is 0.364. The molecule has 1 fully saturated rings. The van der Waals surface area contributed by atoms with Gasteiger partial charge < -0.3 is 35.0 Å². The van der Waals surface area contributed by atoms with Gasteiger partial charge in [0.15, 0.2) is 0 Å². The van der Waals surface area contributed by atoms with Crippen LogP contribution in [0.25, 0.3) is 0 Å². The number of ether oxygens (including phenoxy) is 2. The quantitative estimate of drug-likeness (QED) is 0.444. The zero-order valence-corrected chi connectivity index (χ0v) is 15.9. The first-order valence-electron chi connectivity index (χ1n) is 9.12. The van der Waals surface area contributed by atoms with Crippen molar-refractivity contribution in [3.05, 3.63) is 64.7 Å². The summed E-state index contributed by atoms with van der Waals surface area (Å²) in [5.41, 5.74) is 2.56. The lowest BCUT2D eigenvalue weighted by Gasteiger charge is -2.45. The number of terminal acetylenes is 1. The number of hydrogen-bond acceptors (Lipinski definition) is 7. The van der Waals surface area contributed by atoms with Gasteiger partial charge in [-0.15, -0.1) is 6.42 Å². The minimum Gasteiger partial charge on any atom is -0.496 e. The van der Waals surface area contributed by atoms with E-state index in [-0.39, 0.29) is 5.56 Å². The molecule has 2 aromatic carbocycles. The lowest BCUT2D eigenvalue weighted by atomic mass is 9.87. The first-order valence-corrected chi connectivity index (χ1v) is 9.12. The Morgan fingerprint density at radius 2 is 1.79 bits per heavy atom. The maximum absolute atomic E-state index is 11.0. The van der Waals surface area contributed by atoms with Gasteiger partial charge in [0.2, 0.25) is 5.79 Å². The highest BCUT2D eigenvalue weighted by Gasteiger charge is 2.53. The fourth-order valence-corrected chi connectivity index (χ4v) is 3.47. The summed E-state index contributed by atoms with van der Waals surface area (Å²) in [5.74, 6) is 0.793. The molecule has 1 aliphatic rings. The molecule has 0 aliphatic carbocycles. The van der Waals surface area contributed by atoms with Gasteiger partial charge in [-0.2, -0.15) is 0 Å². The Bertz CT molecular complexity index is 887. The Morgan fingerprint density at radius 3 is 2.38 bits per heavy atom. The van der Waals surface area contributed by atoms with Crippen molar-refractivity contribution in [1.29, 1.82) is 0 Å². The van der Waals surface area contributed by atoms with E-state index in [0.29, 0.717) is 17.7 Å². The number of aliphatic hydroxyl groups is 5. The highest BCUT2D eigenvalue weighted by atomic mass is 16.7. The summed E-state index contributed by atoms with van der Waals surface area (Å²) < 4.78 is 10.8. The van der Waals surface area contributed by atoms with Crippen LogP contribution >= 0.6 is 0 Å². The molecule has 0 unspecified atom stereocenters. The minimum atomic E-state index is -2.32. The molecule has 2 aromatic rings. The first-order chi connectivity index (χ1) is 13.8. The number of benzene rings is 2. The van der Waals surface area contributed by atoms with E-state index in [4.69, 9.17) is 15.9 Å². The summed E-state index contributed by atoms with van der Waals surface area (Å²) in [7, 11) is 1.52. The molecule has 0 saturated carbocycles.